The highest BCUT2D eigenvalue weighted by molar-refractivity contribution is 5.42. The predicted octanol–water partition coefficient (Wildman–Crippen LogP) is 3.96. The van der Waals surface area contributed by atoms with Crippen molar-refractivity contribution >= 4 is 5.95 Å². The van der Waals surface area contributed by atoms with Gasteiger partial charge in [-0.15, -0.1) is 18.3 Å². The maximum Gasteiger partial charge on any atom is 0.573 e. The van der Waals surface area contributed by atoms with Crippen LogP contribution in [0.2, 0.25) is 0 Å². The average molecular weight is 411 g/mol. The molecule has 29 heavy (non-hydrogen) atoms. The highest BCUT2D eigenvalue weighted by Crippen LogP contribution is 2.37. The predicted molar refractivity (Wildman–Crippen MR) is 100 cm³/mol. The zero-order valence-corrected chi connectivity index (χ0v) is 16.2. The third-order valence-corrected chi connectivity index (χ3v) is 5.40. The molecule has 2 aliphatic rings. The zero-order valence-electron chi connectivity index (χ0n) is 16.2. The summed E-state index contributed by atoms with van der Waals surface area (Å²) < 4.78 is 49.4. The lowest BCUT2D eigenvalue weighted by molar-refractivity contribution is -0.275. The Morgan fingerprint density at radius 2 is 1.79 bits per heavy atom. The summed E-state index contributed by atoms with van der Waals surface area (Å²) in [7, 11) is 0. The molecule has 2 aromatic rings. The third kappa shape index (κ3) is 4.42. The van der Waals surface area contributed by atoms with Crippen molar-refractivity contribution in [2.45, 2.75) is 45.1 Å². The van der Waals surface area contributed by atoms with Gasteiger partial charge in [0.25, 0.3) is 0 Å². The van der Waals surface area contributed by atoms with Crippen molar-refractivity contribution < 1.29 is 22.6 Å². The number of piperidine rings is 1. The minimum absolute atomic E-state index is 0.0763. The van der Waals surface area contributed by atoms with E-state index in [1.54, 1.807) is 10.7 Å². The van der Waals surface area contributed by atoms with Gasteiger partial charge in [0.15, 0.2) is 11.5 Å². The topological polar surface area (TPSA) is 73.2 Å². The summed E-state index contributed by atoms with van der Waals surface area (Å²) in [6.45, 7) is 5.73. The normalized spacial score (nSPS) is 24.0. The van der Waals surface area contributed by atoms with E-state index in [0.29, 0.717) is 17.8 Å². The van der Waals surface area contributed by atoms with E-state index in [-0.39, 0.29) is 23.8 Å². The summed E-state index contributed by atoms with van der Waals surface area (Å²) in [6.07, 6.45) is -2.50. The number of aromatic nitrogens is 3. The number of ether oxygens (including phenoxy) is 2. The number of alkyl halides is 3. The Morgan fingerprint density at radius 3 is 2.41 bits per heavy atom. The standard InChI is InChI=1S/C19H24F3N5O2/c1-11(2)27-18(28-14-5-3-4-6-15(14)29-19(20,21)22)25-17(26-27)24-16-12-7-8-13(16)10-23-9-12/h3-6,11-13,16,23H,7-10H2,1-2H3,(H,24,26)/t12-,13+,16?. The molecule has 4 rings (SSSR count). The van der Waals surface area contributed by atoms with Crippen LogP contribution in [0.4, 0.5) is 19.1 Å². The van der Waals surface area contributed by atoms with Crippen LogP contribution in [0.25, 0.3) is 0 Å². The van der Waals surface area contributed by atoms with E-state index in [1.807, 2.05) is 13.8 Å². The van der Waals surface area contributed by atoms with Crippen molar-refractivity contribution in [1.29, 1.82) is 0 Å². The van der Waals surface area contributed by atoms with Crippen LogP contribution in [0.1, 0.15) is 32.7 Å². The lowest BCUT2D eigenvalue weighted by atomic mass is 9.94. The van der Waals surface area contributed by atoms with Gasteiger partial charge in [0, 0.05) is 6.04 Å². The molecule has 0 spiro atoms. The van der Waals surface area contributed by atoms with Crippen LogP contribution in [0.15, 0.2) is 24.3 Å². The first-order valence-corrected chi connectivity index (χ1v) is 9.76. The maximum atomic E-state index is 12.7. The molecule has 158 valence electrons. The van der Waals surface area contributed by atoms with Gasteiger partial charge < -0.3 is 20.1 Å². The summed E-state index contributed by atoms with van der Waals surface area (Å²) in [5.74, 6) is 0.957. The fourth-order valence-corrected chi connectivity index (χ4v) is 4.09. The fourth-order valence-electron chi connectivity index (χ4n) is 4.09. The van der Waals surface area contributed by atoms with Crippen molar-refractivity contribution in [3.63, 3.8) is 0 Å². The number of rotatable bonds is 6. The number of fused-ring (bicyclic) bond motifs is 2. The minimum Gasteiger partial charge on any atom is -0.420 e. The second-order valence-corrected chi connectivity index (χ2v) is 7.78. The van der Waals surface area contributed by atoms with Crippen LogP contribution in [0.5, 0.6) is 17.5 Å². The van der Waals surface area contributed by atoms with Crippen LogP contribution in [0, 0.1) is 11.8 Å². The number of nitrogens with zero attached hydrogens (tertiary/aromatic N) is 3. The smallest absolute Gasteiger partial charge is 0.420 e. The summed E-state index contributed by atoms with van der Waals surface area (Å²) in [5.41, 5.74) is 0. The Balaban J connectivity index is 1.57. The molecule has 2 N–H and O–H groups in total. The minimum atomic E-state index is -4.81. The zero-order chi connectivity index (χ0) is 20.6. The van der Waals surface area contributed by atoms with E-state index in [0.717, 1.165) is 25.9 Å². The fraction of sp³-hybridized carbons (Fsp3) is 0.579. The molecule has 2 fully saturated rings. The van der Waals surface area contributed by atoms with Crippen LogP contribution < -0.4 is 20.1 Å². The summed E-state index contributed by atoms with van der Waals surface area (Å²) in [4.78, 5) is 4.42. The van der Waals surface area contributed by atoms with Gasteiger partial charge in [-0.1, -0.05) is 12.1 Å². The van der Waals surface area contributed by atoms with Crippen molar-refractivity contribution in [3.8, 4) is 17.5 Å². The van der Waals surface area contributed by atoms with E-state index >= 15 is 0 Å². The molecule has 0 radical (unpaired) electrons. The van der Waals surface area contributed by atoms with Crippen molar-refractivity contribution in [3.05, 3.63) is 24.3 Å². The molecule has 1 aliphatic carbocycles. The van der Waals surface area contributed by atoms with Crippen LogP contribution >= 0.6 is 0 Å². The highest BCUT2D eigenvalue weighted by Gasteiger charge is 2.39. The lowest BCUT2D eigenvalue weighted by Gasteiger charge is -2.30. The Labute approximate surface area is 166 Å². The van der Waals surface area contributed by atoms with E-state index in [4.69, 9.17) is 4.74 Å². The monoisotopic (exact) mass is 411 g/mol. The number of hydrogen-bond donors (Lipinski definition) is 2. The lowest BCUT2D eigenvalue weighted by Crippen LogP contribution is -2.45. The third-order valence-electron chi connectivity index (χ3n) is 5.40. The Kier molecular flexibility index (Phi) is 5.28. The van der Waals surface area contributed by atoms with Crippen molar-refractivity contribution in [1.82, 2.24) is 20.1 Å². The summed E-state index contributed by atoms with van der Waals surface area (Å²) in [6, 6.07) is 5.93. The molecule has 0 amide bonds. The van der Waals surface area contributed by atoms with Crippen LogP contribution in [-0.2, 0) is 0 Å². The average Bonchev–Trinajstić information content (AvgIpc) is 3.12. The quantitative estimate of drug-likeness (QED) is 0.750. The molecule has 7 nitrogen and oxygen atoms in total. The number of anilines is 1. The SMILES string of the molecule is CC(C)n1nc(NC2[C@@H]3CC[C@H]2CNC3)nc1Oc1ccccc1OC(F)(F)F. The number of benzene rings is 1. The van der Waals surface area contributed by atoms with Crippen molar-refractivity contribution in [2.75, 3.05) is 18.4 Å². The number of nitrogens with one attached hydrogen (secondary N) is 2. The highest BCUT2D eigenvalue weighted by atomic mass is 19.4. The molecule has 10 heteroatoms. The molecule has 1 saturated heterocycles. The number of hydrogen-bond acceptors (Lipinski definition) is 6. The first-order chi connectivity index (χ1) is 13.8. The van der Waals surface area contributed by atoms with Crippen molar-refractivity contribution in [2.24, 2.45) is 11.8 Å². The molecule has 3 atom stereocenters. The van der Waals surface area contributed by atoms with E-state index in [1.165, 1.54) is 18.2 Å². The molecular formula is C19H24F3N5O2. The van der Waals surface area contributed by atoms with Gasteiger partial charge in [-0.2, -0.15) is 4.98 Å². The summed E-state index contributed by atoms with van der Waals surface area (Å²) >= 11 is 0. The Bertz CT molecular complexity index is 839. The van der Waals surface area contributed by atoms with E-state index in [9.17, 15) is 13.2 Å². The maximum absolute atomic E-state index is 12.7. The first kappa shape index (κ1) is 19.8. The van der Waals surface area contributed by atoms with Gasteiger partial charge in [-0.05, 0) is 63.7 Å². The van der Waals surface area contributed by atoms with Gasteiger partial charge >= 0.3 is 12.4 Å². The Hall–Kier alpha value is -2.49. The molecule has 1 unspecified atom stereocenters. The first-order valence-electron chi connectivity index (χ1n) is 9.76. The molecule has 1 aliphatic heterocycles. The molecule has 1 saturated carbocycles. The summed E-state index contributed by atoms with van der Waals surface area (Å²) in [5, 5.41) is 11.3. The van der Waals surface area contributed by atoms with E-state index < -0.39 is 12.1 Å². The molecule has 1 aromatic carbocycles. The van der Waals surface area contributed by atoms with E-state index in [2.05, 4.69) is 25.5 Å². The Morgan fingerprint density at radius 1 is 1.14 bits per heavy atom. The van der Waals surface area contributed by atoms with Gasteiger partial charge in [0.2, 0.25) is 5.95 Å². The second-order valence-electron chi connectivity index (χ2n) is 7.78. The van der Waals surface area contributed by atoms with Gasteiger partial charge in [-0.25, -0.2) is 4.68 Å². The molecule has 2 bridgehead atoms. The van der Waals surface area contributed by atoms with Gasteiger partial charge in [-0.3, -0.25) is 0 Å². The van der Waals surface area contributed by atoms with Crippen LogP contribution in [-0.4, -0.2) is 40.3 Å². The second kappa shape index (κ2) is 7.74. The molecule has 2 heterocycles. The van der Waals surface area contributed by atoms with Gasteiger partial charge in [0.1, 0.15) is 0 Å². The van der Waals surface area contributed by atoms with Gasteiger partial charge in [0.05, 0.1) is 6.04 Å². The number of para-hydroxylation sites is 2. The largest absolute Gasteiger partial charge is 0.573 e. The van der Waals surface area contributed by atoms with Crippen LogP contribution in [0.3, 0.4) is 0 Å². The molecular weight excluding hydrogens is 387 g/mol. The molecule has 1 aromatic heterocycles. The number of halogens is 3.